The number of nitrogens with zero attached hydrogens (tertiary/aromatic N) is 2. The standard InChI is InChI=1S/C17H19F3N2O3/c1-4-10(2)22-9-12(15(24)25)14(23)13(11-5-7-21-8-6-11)16(22,3)17(18,19)20/h5-10,13H,4H2,1-3H3,(H,24,25). The average Bonchev–Trinajstić information content (AvgIpc) is 2.54. The van der Waals surface area contributed by atoms with E-state index in [4.69, 9.17) is 0 Å². The van der Waals surface area contributed by atoms with Crippen LogP contribution < -0.4 is 0 Å². The molecule has 2 heterocycles. The van der Waals surface area contributed by atoms with Gasteiger partial charge in [-0.05, 0) is 38.0 Å². The Labute approximate surface area is 143 Å². The van der Waals surface area contributed by atoms with Crippen molar-refractivity contribution in [1.82, 2.24) is 9.88 Å². The number of aliphatic carboxylic acids is 1. The molecule has 1 aliphatic rings. The van der Waals surface area contributed by atoms with Gasteiger partial charge in [0.1, 0.15) is 11.1 Å². The number of halogens is 3. The Morgan fingerprint density at radius 1 is 1.40 bits per heavy atom. The van der Waals surface area contributed by atoms with Crippen LogP contribution in [0.4, 0.5) is 13.2 Å². The molecule has 5 nitrogen and oxygen atoms in total. The van der Waals surface area contributed by atoms with Crippen LogP contribution in [-0.4, -0.2) is 44.5 Å². The summed E-state index contributed by atoms with van der Waals surface area (Å²) in [6.45, 7) is 4.21. The maximum Gasteiger partial charge on any atom is 0.412 e. The largest absolute Gasteiger partial charge is 0.478 e. The van der Waals surface area contributed by atoms with E-state index in [0.717, 1.165) is 18.0 Å². The fraction of sp³-hybridized carbons (Fsp3) is 0.471. The van der Waals surface area contributed by atoms with Crippen molar-refractivity contribution in [2.75, 3.05) is 0 Å². The number of Topliss-reactive ketones (excluding diaryl/α,β-unsaturated/α-hetero) is 1. The maximum absolute atomic E-state index is 14.1. The lowest BCUT2D eigenvalue weighted by Crippen LogP contribution is -2.64. The van der Waals surface area contributed by atoms with Crippen molar-refractivity contribution in [1.29, 1.82) is 0 Å². The number of aromatic nitrogens is 1. The van der Waals surface area contributed by atoms with E-state index in [0.29, 0.717) is 6.42 Å². The summed E-state index contributed by atoms with van der Waals surface area (Å²) in [6, 6.07) is 2.01. The first-order valence-electron chi connectivity index (χ1n) is 7.80. The first kappa shape index (κ1) is 19.0. The van der Waals surface area contributed by atoms with Gasteiger partial charge in [0, 0.05) is 24.6 Å². The number of rotatable bonds is 4. The summed E-state index contributed by atoms with van der Waals surface area (Å²) in [6.07, 6.45) is -1.01. The van der Waals surface area contributed by atoms with Gasteiger partial charge in [-0.25, -0.2) is 4.79 Å². The Morgan fingerprint density at radius 3 is 2.40 bits per heavy atom. The molecule has 0 bridgehead atoms. The summed E-state index contributed by atoms with van der Waals surface area (Å²) in [7, 11) is 0. The van der Waals surface area contributed by atoms with E-state index in [1.165, 1.54) is 24.5 Å². The normalized spacial score (nSPS) is 25.5. The van der Waals surface area contributed by atoms with Gasteiger partial charge in [0.25, 0.3) is 0 Å². The zero-order chi connectivity index (χ0) is 19.0. The second-order valence-electron chi connectivity index (χ2n) is 6.24. The number of ketones is 1. The lowest BCUT2D eigenvalue weighted by atomic mass is 9.71. The van der Waals surface area contributed by atoms with Crippen LogP contribution in [0.5, 0.6) is 0 Å². The Bertz CT molecular complexity index is 703. The van der Waals surface area contributed by atoms with E-state index in [9.17, 15) is 27.9 Å². The molecule has 0 spiro atoms. The van der Waals surface area contributed by atoms with Crippen LogP contribution in [0.3, 0.4) is 0 Å². The summed E-state index contributed by atoms with van der Waals surface area (Å²) in [5, 5.41) is 9.31. The SMILES string of the molecule is CCC(C)N1C=C(C(=O)O)C(=O)C(c2ccncc2)C1(C)C(F)(F)F. The van der Waals surface area contributed by atoms with E-state index in [-0.39, 0.29) is 5.56 Å². The molecule has 1 aromatic heterocycles. The first-order chi connectivity index (χ1) is 11.6. The molecule has 0 fully saturated rings. The third kappa shape index (κ3) is 3.01. The molecule has 0 radical (unpaired) electrons. The summed E-state index contributed by atoms with van der Waals surface area (Å²) < 4.78 is 42.4. The molecule has 3 unspecified atom stereocenters. The number of hydrogen-bond acceptors (Lipinski definition) is 4. The highest BCUT2D eigenvalue weighted by molar-refractivity contribution is 6.20. The third-order valence-electron chi connectivity index (χ3n) is 4.80. The van der Waals surface area contributed by atoms with Gasteiger partial charge in [-0.3, -0.25) is 9.78 Å². The molecule has 0 saturated carbocycles. The number of carboxylic acids is 1. The van der Waals surface area contributed by atoms with Gasteiger partial charge < -0.3 is 10.0 Å². The first-order valence-corrected chi connectivity index (χ1v) is 7.80. The fourth-order valence-electron chi connectivity index (χ4n) is 3.18. The molecular formula is C17H19F3N2O3. The summed E-state index contributed by atoms with van der Waals surface area (Å²) in [5.41, 5.74) is -3.14. The Hall–Kier alpha value is -2.38. The van der Waals surface area contributed by atoms with Crippen LogP contribution in [0.15, 0.2) is 36.3 Å². The van der Waals surface area contributed by atoms with Crippen molar-refractivity contribution in [2.24, 2.45) is 0 Å². The molecular weight excluding hydrogens is 337 g/mol. The Kier molecular flexibility index (Phi) is 4.92. The summed E-state index contributed by atoms with van der Waals surface area (Å²) >= 11 is 0. The van der Waals surface area contributed by atoms with Crippen molar-refractivity contribution >= 4 is 11.8 Å². The van der Waals surface area contributed by atoms with Gasteiger partial charge in [0.15, 0.2) is 5.78 Å². The number of carbonyl (C=O) groups excluding carboxylic acids is 1. The smallest absolute Gasteiger partial charge is 0.412 e. The number of hydrogen-bond donors (Lipinski definition) is 1. The van der Waals surface area contributed by atoms with Gasteiger partial charge in [-0.2, -0.15) is 13.2 Å². The molecule has 8 heteroatoms. The molecule has 136 valence electrons. The number of carboxylic acid groups (broad SMARTS) is 1. The van der Waals surface area contributed by atoms with E-state index in [1.807, 2.05) is 0 Å². The van der Waals surface area contributed by atoms with E-state index < -0.39 is 41.0 Å². The molecule has 1 aromatic rings. The lowest BCUT2D eigenvalue weighted by Gasteiger charge is -2.51. The van der Waals surface area contributed by atoms with Gasteiger partial charge in [0.05, 0.1) is 5.92 Å². The van der Waals surface area contributed by atoms with Crippen molar-refractivity contribution in [2.45, 2.75) is 50.9 Å². The third-order valence-corrected chi connectivity index (χ3v) is 4.80. The zero-order valence-corrected chi connectivity index (χ0v) is 14.0. The zero-order valence-electron chi connectivity index (χ0n) is 14.0. The van der Waals surface area contributed by atoms with Gasteiger partial charge in [0.2, 0.25) is 0 Å². The molecule has 1 aliphatic heterocycles. The fourth-order valence-corrected chi connectivity index (χ4v) is 3.18. The van der Waals surface area contributed by atoms with Crippen LogP contribution in [-0.2, 0) is 9.59 Å². The Morgan fingerprint density at radius 2 is 1.96 bits per heavy atom. The Balaban J connectivity index is 2.79. The average molecular weight is 356 g/mol. The highest BCUT2D eigenvalue weighted by Gasteiger charge is 2.64. The highest BCUT2D eigenvalue weighted by Crippen LogP contribution is 2.50. The molecule has 0 amide bonds. The van der Waals surface area contributed by atoms with Crippen LogP contribution in [0.1, 0.15) is 38.7 Å². The molecule has 0 aliphatic carbocycles. The minimum absolute atomic E-state index is 0.0833. The van der Waals surface area contributed by atoms with E-state index in [2.05, 4.69) is 4.98 Å². The lowest BCUT2D eigenvalue weighted by molar-refractivity contribution is -0.233. The second kappa shape index (κ2) is 6.50. The molecule has 0 saturated heterocycles. The molecule has 0 aromatic carbocycles. The molecule has 2 rings (SSSR count). The highest BCUT2D eigenvalue weighted by atomic mass is 19.4. The van der Waals surface area contributed by atoms with Crippen molar-refractivity contribution in [3.63, 3.8) is 0 Å². The molecule has 25 heavy (non-hydrogen) atoms. The van der Waals surface area contributed by atoms with Gasteiger partial charge in [-0.1, -0.05) is 6.92 Å². The quantitative estimate of drug-likeness (QED) is 0.840. The molecule has 3 atom stereocenters. The van der Waals surface area contributed by atoms with E-state index in [1.54, 1.807) is 13.8 Å². The van der Waals surface area contributed by atoms with Crippen molar-refractivity contribution < 1.29 is 27.9 Å². The summed E-state index contributed by atoms with van der Waals surface area (Å²) in [5.74, 6) is -4.29. The molecule has 1 N–H and O–H groups in total. The minimum atomic E-state index is -4.76. The van der Waals surface area contributed by atoms with Gasteiger partial charge in [-0.15, -0.1) is 0 Å². The number of alkyl halides is 3. The van der Waals surface area contributed by atoms with Crippen molar-refractivity contribution in [3.05, 3.63) is 41.9 Å². The number of pyridine rings is 1. The van der Waals surface area contributed by atoms with Crippen LogP contribution in [0.25, 0.3) is 0 Å². The van der Waals surface area contributed by atoms with Crippen LogP contribution in [0, 0.1) is 0 Å². The van der Waals surface area contributed by atoms with Crippen LogP contribution in [0.2, 0.25) is 0 Å². The van der Waals surface area contributed by atoms with Crippen molar-refractivity contribution in [3.8, 4) is 0 Å². The predicted octanol–water partition coefficient (Wildman–Crippen LogP) is 3.14. The van der Waals surface area contributed by atoms with Crippen LogP contribution >= 0.6 is 0 Å². The maximum atomic E-state index is 14.1. The number of carbonyl (C=O) groups is 2. The summed E-state index contributed by atoms with van der Waals surface area (Å²) in [4.78, 5) is 28.9. The predicted molar refractivity (Wildman–Crippen MR) is 83.8 cm³/mol. The van der Waals surface area contributed by atoms with E-state index >= 15 is 0 Å². The second-order valence-corrected chi connectivity index (χ2v) is 6.24. The van der Waals surface area contributed by atoms with Gasteiger partial charge >= 0.3 is 12.1 Å². The monoisotopic (exact) mass is 356 g/mol. The topological polar surface area (TPSA) is 70.5 Å². The minimum Gasteiger partial charge on any atom is -0.478 e.